The average molecular weight is 229 g/mol. The standard InChI is InChI=1S/C9H13ClN4O/c1-3-11-9(15)6(2)14-8-7(10)12-4-5-13-8/h4-6H,3H2,1-2H3,(H,11,15)(H,13,14). The van der Waals surface area contributed by atoms with E-state index in [1.807, 2.05) is 6.92 Å². The number of nitrogens with zero attached hydrogens (tertiary/aromatic N) is 2. The van der Waals surface area contributed by atoms with Crippen LogP contribution < -0.4 is 10.6 Å². The second-order valence-electron chi connectivity index (χ2n) is 2.96. The lowest BCUT2D eigenvalue weighted by atomic mass is 10.3. The van der Waals surface area contributed by atoms with Crippen LogP contribution >= 0.6 is 11.6 Å². The van der Waals surface area contributed by atoms with Crippen molar-refractivity contribution in [2.24, 2.45) is 0 Å². The lowest BCUT2D eigenvalue weighted by Crippen LogP contribution is -2.37. The maximum absolute atomic E-state index is 11.4. The number of amides is 1. The molecule has 1 rings (SSSR count). The van der Waals surface area contributed by atoms with Crippen LogP contribution in [0.2, 0.25) is 5.15 Å². The van der Waals surface area contributed by atoms with Gasteiger partial charge in [-0.15, -0.1) is 0 Å². The molecule has 0 spiro atoms. The van der Waals surface area contributed by atoms with Crippen molar-refractivity contribution >= 4 is 23.3 Å². The molecule has 1 aromatic heterocycles. The van der Waals surface area contributed by atoms with Crippen molar-refractivity contribution in [2.75, 3.05) is 11.9 Å². The van der Waals surface area contributed by atoms with Crippen LogP contribution in [0.1, 0.15) is 13.8 Å². The maximum atomic E-state index is 11.4. The third kappa shape index (κ3) is 3.36. The molecule has 0 fully saturated rings. The summed E-state index contributed by atoms with van der Waals surface area (Å²) in [5.74, 6) is 0.317. The molecule has 6 heteroatoms. The second kappa shape index (κ2) is 5.50. The van der Waals surface area contributed by atoms with Gasteiger partial charge in [-0.25, -0.2) is 9.97 Å². The molecule has 1 atom stereocenters. The van der Waals surface area contributed by atoms with Gasteiger partial charge in [0.25, 0.3) is 0 Å². The van der Waals surface area contributed by atoms with Gasteiger partial charge in [-0.05, 0) is 13.8 Å². The van der Waals surface area contributed by atoms with Crippen LogP contribution in [0.15, 0.2) is 12.4 Å². The molecule has 0 saturated carbocycles. The number of carbonyl (C=O) groups is 1. The average Bonchev–Trinajstić information content (AvgIpc) is 2.21. The summed E-state index contributed by atoms with van der Waals surface area (Å²) in [7, 11) is 0. The number of hydrogen-bond acceptors (Lipinski definition) is 4. The molecule has 15 heavy (non-hydrogen) atoms. The van der Waals surface area contributed by atoms with E-state index in [4.69, 9.17) is 11.6 Å². The van der Waals surface area contributed by atoms with Crippen LogP contribution in [0.3, 0.4) is 0 Å². The van der Waals surface area contributed by atoms with Gasteiger partial charge >= 0.3 is 0 Å². The van der Waals surface area contributed by atoms with Gasteiger partial charge in [0.2, 0.25) is 5.91 Å². The lowest BCUT2D eigenvalue weighted by Gasteiger charge is -2.13. The molecule has 1 heterocycles. The number of halogens is 1. The second-order valence-corrected chi connectivity index (χ2v) is 3.31. The van der Waals surface area contributed by atoms with Crippen molar-refractivity contribution in [1.29, 1.82) is 0 Å². The van der Waals surface area contributed by atoms with E-state index in [1.54, 1.807) is 6.92 Å². The highest BCUT2D eigenvalue weighted by atomic mass is 35.5. The molecule has 0 aliphatic carbocycles. The zero-order valence-corrected chi connectivity index (χ0v) is 9.38. The fourth-order valence-corrected chi connectivity index (χ4v) is 1.18. The van der Waals surface area contributed by atoms with Gasteiger partial charge in [-0.1, -0.05) is 11.6 Å². The molecule has 5 nitrogen and oxygen atoms in total. The van der Waals surface area contributed by atoms with Gasteiger partial charge in [-0.2, -0.15) is 0 Å². The van der Waals surface area contributed by atoms with Crippen LogP contribution in [0.25, 0.3) is 0 Å². The Balaban J connectivity index is 2.62. The normalized spacial score (nSPS) is 11.9. The third-order valence-corrected chi connectivity index (χ3v) is 2.03. The number of rotatable bonds is 4. The number of carbonyl (C=O) groups excluding carboxylic acids is 1. The summed E-state index contributed by atoms with van der Waals surface area (Å²) in [6.07, 6.45) is 3.00. The first kappa shape index (κ1) is 11.7. The van der Waals surface area contributed by atoms with Gasteiger partial charge < -0.3 is 10.6 Å². The van der Waals surface area contributed by atoms with Crippen LogP contribution in [-0.2, 0) is 4.79 Å². The van der Waals surface area contributed by atoms with E-state index < -0.39 is 0 Å². The molecular formula is C9H13ClN4O. The molecule has 0 saturated heterocycles. The minimum atomic E-state index is -0.390. The van der Waals surface area contributed by atoms with E-state index in [9.17, 15) is 4.79 Å². The number of nitrogens with one attached hydrogen (secondary N) is 2. The van der Waals surface area contributed by atoms with E-state index >= 15 is 0 Å². The molecule has 0 aromatic carbocycles. The van der Waals surface area contributed by atoms with Gasteiger partial charge in [0.1, 0.15) is 6.04 Å². The zero-order valence-electron chi connectivity index (χ0n) is 8.62. The van der Waals surface area contributed by atoms with E-state index in [2.05, 4.69) is 20.6 Å². The Morgan fingerprint density at radius 1 is 1.53 bits per heavy atom. The summed E-state index contributed by atoms with van der Waals surface area (Å²) >= 11 is 5.78. The fraction of sp³-hybridized carbons (Fsp3) is 0.444. The molecule has 0 aliphatic rings. The molecule has 82 valence electrons. The predicted octanol–water partition coefficient (Wildman–Crippen LogP) is 1.07. The van der Waals surface area contributed by atoms with Crippen LogP contribution in [-0.4, -0.2) is 28.5 Å². The van der Waals surface area contributed by atoms with E-state index in [1.165, 1.54) is 12.4 Å². The molecule has 1 amide bonds. The smallest absolute Gasteiger partial charge is 0.242 e. The molecule has 2 N–H and O–H groups in total. The molecule has 0 aliphatic heterocycles. The molecule has 0 radical (unpaired) electrons. The minimum Gasteiger partial charge on any atom is -0.356 e. The van der Waals surface area contributed by atoms with E-state index in [0.29, 0.717) is 12.4 Å². The highest BCUT2D eigenvalue weighted by Gasteiger charge is 2.13. The highest BCUT2D eigenvalue weighted by molar-refractivity contribution is 6.31. The van der Waals surface area contributed by atoms with Gasteiger partial charge in [0.15, 0.2) is 11.0 Å². The van der Waals surface area contributed by atoms with Crippen LogP contribution in [0.4, 0.5) is 5.82 Å². The van der Waals surface area contributed by atoms with E-state index in [0.717, 1.165) is 0 Å². The van der Waals surface area contributed by atoms with Gasteiger partial charge in [0.05, 0.1) is 0 Å². The summed E-state index contributed by atoms with van der Waals surface area (Å²) < 4.78 is 0. The van der Waals surface area contributed by atoms with Gasteiger partial charge in [0, 0.05) is 18.9 Å². The Morgan fingerprint density at radius 2 is 2.20 bits per heavy atom. The molecular weight excluding hydrogens is 216 g/mol. The van der Waals surface area contributed by atoms with E-state index in [-0.39, 0.29) is 17.1 Å². The minimum absolute atomic E-state index is 0.0979. The van der Waals surface area contributed by atoms with Crippen molar-refractivity contribution < 1.29 is 4.79 Å². The lowest BCUT2D eigenvalue weighted by molar-refractivity contribution is -0.121. The van der Waals surface area contributed by atoms with Gasteiger partial charge in [-0.3, -0.25) is 4.79 Å². The summed E-state index contributed by atoms with van der Waals surface area (Å²) in [6.45, 7) is 4.19. The number of likely N-dealkylation sites (N-methyl/N-ethyl adjacent to an activating group) is 1. The summed E-state index contributed by atoms with van der Waals surface area (Å²) in [6, 6.07) is -0.390. The largest absolute Gasteiger partial charge is 0.356 e. The first-order valence-corrected chi connectivity index (χ1v) is 5.03. The Hall–Kier alpha value is -1.36. The number of anilines is 1. The monoisotopic (exact) mass is 228 g/mol. The van der Waals surface area contributed by atoms with Crippen LogP contribution in [0.5, 0.6) is 0 Å². The Labute approximate surface area is 93.3 Å². The molecule has 0 bridgehead atoms. The Morgan fingerprint density at radius 3 is 2.80 bits per heavy atom. The molecule has 1 unspecified atom stereocenters. The van der Waals surface area contributed by atoms with Crippen molar-refractivity contribution in [3.8, 4) is 0 Å². The summed E-state index contributed by atoms with van der Waals surface area (Å²) in [4.78, 5) is 19.2. The Kier molecular flexibility index (Phi) is 4.30. The SMILES string of the molecule is CCNC(=O)C(C)Nc1nccnc1Cl. The number of hydrogen-bond donors (Lipinski definition) is 2. The first-order chi connectivity index (χ1) is 7.15. The van der Waals surface area contributed by atoms with Crippen molar-refractivity contribution in [3.63, 3.8) is 0 Å². The summed E-state index contributed by atoms with van der Waals surface area (Å²) in [5, 5.41) is 5.83. The molecule has 1 aromatic rings. The highest BCUT2D eigenvalue weighted by Crippen LogP contribution is 2.14. The maximum Gasteiger partial charge on any atom is 0.242 e. The predicted molar refractivity (Wildman–Crippen MR) is 58.8 cm³/mol. The quantitative estimate of drug-likeness (QED) is 0.809. The van der Waals surface area contributed by atoms with Crippen molar-refractivity contribution in [1.82, 2.24) is 15.3 Å². The van der Waals surface area contributed by atoms with Crippen molar-refractivity contribution in [3.05, 3.63) is 17.5 Å². The topological polar surface area (TPSA) is 66.9 Å². The fourth-order valence-electron chi connectivity index (χ4n) is 1.02. The Bertz CT molecular complexity index is 345. The summed E-state index contributed by atoms with van der Waals surface area (Å²) in [5.41, 5.74) is 0. The van der Waals surface area contributed by atoms with Crippen LogP contribution in [0, 0.1) is 0 Å². The third-order valence-electron chi connectivity index (χ3n) is 1.75. The number of aromatic nitrogens is 2. The zero-order chi connectivity index (χ0) is 11.3. The first-order valence-electron chi connectivity index (χ1n) is 4.66. The van der Waals surface area contributed by atoms with Crippen molar-refractivity contribution in [2.45, 2.75) is 19.9 Å².